The molecule has 0 aliphatic carbocycles. The molecule has 72 valence electrons. The predicted octanol–water partition coefficient (Wildman–Crippen LogP) is 4.04. The van der Waals surface area contributed by atoms with Gasteiger partial charge in [-0.1, -0.05) is 29.3 Å². The van der Waals surface area contributed by atoms with Crippen LogP contribution < -0.4 is 0 Å². The third-order valence-electron chi connectivity index (χ3n) is 1.87. The third-order valence-corrected chi connectivity index (χ3v) is 3.36. The average Bonchev–Trinajstić information content (AvgIpc) is 2.64. The van der Waals surface area contributed by atoms with Crippen molar-refractivity contribution in [3.8, 4) is 0 Å². The molecule has 1 heterocycles. The molecule has 0 atom stereocenters. The van der Waals surface area contributed by atoms with Crippen LogP contribution in [0.5, 0.6) is 0 Å². The van der Waals surface area contributed by atoms with Crippen LogP contribution in [-0.4, -0.2) is 4.98 Å². The van der Waals surface area contributed by atoms with E-state index in [-0.39, 0.29) is 0 Å². The van der Waals surface area contributed by atoms with E-state index in [1.54, 1.807) is 17.5 Å². The van der Waals surface area contributed by atoms with Gasteiger partial charge in [0.2, 0.25) is 0 Å². The highest BCUT2D eigenvalue weighted by Crippen LogP contribution is 2.27. The van der Waals surface area contributed by atoms with Crippen molar-refractivity contribution >= 4 is 34.5 Å². The Balaban J connectivity index is 2.33. The largest absolute Gasteiger partial charge is 0.249 e. The zero-order valence-electron chi connectivity index (χ0n) is 7.21. The highest BCUT2D eigenvalue weighted by atomic mass is 35.5. The minimum atomic E-state index is 0.702. The lowest BCUT2D eigenvalue weighted by atomic mass is 10.1. The maximum absolute atomic E-state index is 6.04. The van der Waals surface area contributed by atoms with E-state index in [0.717, 1.165) is 10.6 Å². The number of hydrogen-bond acceptors (Lipinski definition) is 2. The summed E-state index contributed by atoms with van der Waals surface area (Å²) in [5.74, 6) is 0. The lowest BCUT2D eigenvalue weighted by Gasteiger charge is -2.03. The van der Waals surface area contributed by atoms with E-state index < -0.39 is 0 Å². The molecular weight excluding hydrogens is 237 g/mol. The summed E-state index contributed by atoms with van der Waals surface area (Å²) in [5.41, 5.74) is 0.950. The van der Waals surface area contributed by atoms with Gasteiger partial charge in [-0.05, 0) is 17.7 Å². The molecule has 2 rings (SSSR count). The van der Waals surface area contributed by atoms with Gasteiger partial charge in [-0.15, -0.1) is 11.3 Å². The minimum absolute atomic E-state index is 0.702. The normalized spacial score (nSPS) is 10.4. The van der Waals surface area contributed by atoms with E-state index in [9.17, 15) is 0 Å². The van der Waals surface area contributed by atoms with Crippen molar-refractivity contribution in [1.29, 1.82) is 0 Å². The first-order valence-corrected chi connectivity index (χ1v) is 5.72. The van der Waals surface area contributed by atoms with Crippen molar-refractivity contribution in [2.45, 2.75) is 6.42 Å². The molecule has 0 saturated carbocycles. The molecule has 1 nitrogen and oxygen atoms in total. The van der Waals surface area contributed by atoms with Crippen LogP contribution in [0, 0.1) is 0 Å². The minimum Gasteiger partial charge on any atom is -0.249 e. The van der Waals surface area contributed by atoms with Crippen LogP contribution in [0.4, 0.5) is 0 Å². The standard InChI is InChI=1S/C10H7Cl2NS/c11-8-2-1-3-9(12)7(8)6-10-13-4-5-14-10/h1-5H,6H2. The predicted molar refractivity (Wildman–Crippen MR) is 61.4 cm³/mol. The van der Waals surface area contributed by atoms with Crippen molar-refractivity contribution in [3.63, 3.8) is 0 Å². The molecule has 0 spiro atoms. The molecule has 14 heavy (non-hydrogen) atoms. The lowest BCUT2D eigenvalue weighted by molar-refractivity contribution is 1.14. The van der Waals surface area contributed by atoms with Gasteiger partial charge < -0.3 is 0 Å². The number of aromatic nitrogens is 1. The first-order chi connectivity index (χ1) is 6.77. The van der Waals surface area contributed by atoms with Gasteiger partial charge in [-0.25, -0.2) is 4.98 Å². The summed E-state index contributed by atoms with van der Waals surface area (Å²) < 4.78 is 0. The Kier molecular flexibility index (Phi) is 3.06. The number of benzene rings is 1. The van der Waals surface area contributed by atoms with Crippen LogP contribution in [0.2, 0.25) is 10.0 Å². The summed E-state index contributed by atoms with van der Waals surface area (Å²) in [6.07, 6.45) is 2.49. The fourth-order valence-electron chi connectivity index (χ4n) is 1.19. The second-order valence-corrected chi connectivity index (χ2v) is 4.60. The zero-order chi connectivity index (χ0) is 9.97. The average molecular weight is 244 g/mol. The van der Waals surface area contributed by atoms with E-state index in [1.807, 2.05) is 23.6 Å². The molecule has 0 saturated heterocycles. The Bertz CT molecular complexity index is 405. The highest BCUT2D eigenvalue weighted by molar-refractivity contribution is 7.09. The molecule has 0 amide bonds. The monoisotopic (exact) mass is 243 g/mol. The summed E-state index contributed by atoms with van der Waals surface area (Å²) in [4.78, 5) is 4.19. The van der Waals surface area contributed by atoms with E-state index >= 15 is 0 Å². The van der Waals surface area contributed by atoms with Crippen LogP contribution in [0.25, 0.3) is 0 Å². The molecule has 2 aromatic rings. The molecular formula is C10H7Cl2NS. The topological polar surface area (TPSA) is 12.9 Å². The first-order valence-electron chi connectivity index (χ1n) is 4.08. The van der Waals surface area contributed by atoms with Gasteiger partial charge in [0, 0.05) is 28.0 Å². The van der Waals surface area contributed by atoms with E-state index in [4.69, 9.17) is 23.2 Å². The van der Waals surface area contributed by atoms with Gasteiger partial charge in [-0.3, -0.25) is 0 Å². The summed E-state index contributed by atoms with van der Waals surface area (Å²) in [5, 5.41) is 4.38. The maximum atomic E-state index is 6.04. The third kappa shape index (κ3) is 2.08. The van der Waals surface area contributed by atoms with Crippen molar-refractivity contribution in [2.75, 3.05) is 0 Å². The van der Waals surface area contributed by atoms with Crippen LogP contribution in [0.3, 0.4) is 0 Å². The van der Waals surface area contributed by atoms with Crippen molar-refractivity contribution in [2.24, 2.45) is 0 Å². The van der Waals surface area contributed by atoms with Gasteiger partial charge in [0.15, 0.2) is 0 Å². The maximum Gasteiger partial charge on any atom is 0.0969 e. The van der Waals surface area contributed by atoms with E-state index in [2.05, 4.69) is 4.98 Å². The molecule has 0 aliphatic rings. The van der Waals surface area contributed by atoms with Crippen LogP contribution in [0.15, 0.2) is 29.8 Å². The molecule has 1 aromatic carbocycles. The number of thiazole rings is 1. The molecule has 0 unspecified atom stereocenters. The van der Waals surface area contributed by atoms with Crippen molar-refractivity contribution in [1.82, 2.24) is 4.98 Å². The second-order valence-electron chi connectivity index (χ2n) is 2.80. The van der Waals surface area contributed by atoms with Crippen LogP contribution in [-0.2, 0) is 6.42 Å². The van der Waals surface area contributed by atoms with Gasteiger partial charge in [0.1, 0.15) is 0 Å². The molecule has 0 bridgehead atoms. The fourth-order valence-corrected chi connectivity index (χ4v) is 2.35. The fraction of sp³-hybridized carbons (Fsp3) is 0.100. The van der Waals surface area contributed by atoms with Crippen molar-refractivity contribution < 1.29 is 0 Å². The molecule has 0 N–H and O–H groups in total. The molecule has 0 fully saturated rings. The van der Waals surface area contributed by atoms with Gasteiger partial charge in [-0.2, -0.15) is 0 Å². The lowest BCUT2D eigenvalue weighted by Crippen LogP contribution is -1.89. The van der Waals surface area contributed by atoms with E-state index in [0.29, 0.717) is 16.5 Å². The molecule has 0 radical (unpaired) electrons. The SMILES string of the molecule is Clc1cccc(Cl)c1Cc1nccs1. The van der Waals surface area contributed by atoms with Gasteiger partial charge in [0.25, 0.3) is 0 Å². The summed E-state index contributed by atoms with van der Waals surface area (Å²) in [6, 6.07) is 5.53. The number of hydrogen-bond donors (Lipinski definition) is 0. The summed E-state index contributed by atoms with van der Waals surface area (Å²) >= 11 is 13.7. The zero-order valence-corrected chi connectivity index (χ0v) is 9.53. The Hall–Kier alpha value is -0.570. The first kappa shape index (κ1) is 9.97. The van der Waals surface area contributed by atoms with Crippen LogP contribution in [0.1, 0.15) is 10.6 Å². The van der Waals surface area contributed by atoms with Crippen LogP contribution >= 0.6 is 34.5 Å². The Labute approximate surface area is 96.3 Å². The molecule has 4 heteroatoms. The summed E-state index contributed by atoms with van der Waals surface area (Å²) in [6.45, 7) is 0. The van der Waals surface area contributed by atoms with Crippen molar-refractivity contribution in [3.05, 3.63) is 50.4 Å². The molecule has 1 aromatic heterocycles. The quantitative estimate of drug-likeness (QED) is 0.776. The molecule has 0 aliphatic heterocycles. The second kappa shape index (κ2) is 4.30. The summed E-state index contributed by atoms with van der Waals surface area (Å²) in [7, 11) is 0. The number of halogens is 2. The Morgan fingerprint density at radius 1 is 1.21 bits per heavy atom. The number of rotatable bonds is 2. The van der Waals surface area contributed by atoms with Gasteiger partial charge >= 0.3 is 0 Å². The number of nitrogens with zero attached hydrogens (tertiary/aromatic N) is 1. The Morgan fingerprint density at radius 3 is 2.50 bits per heavy atom. The van der Waals surface area contributed by atoms with Gasteiger partial charge in [0.05, 0.1) is 5.01 Å². The van der Waals surface area contributed by atoms with E-state index in [1.165, 1.54) is 0 Å². The smallest absolute Gasteiger partial charge is 0.0969 e. The highest BCUT2D eigenvalue weighted by Gasteiger charge is 2.07. The Morgan fingerprint density at radius 2 is 1.93 bits per heavy atom.